The van der Waals surface area contributed by atoms with E-state index in [2.05, 4.69) is 5.32 Å². The second-order valence-corrected chi connectivity index (χ2v) is 6.59. The number of nitrogens with one attached hydrogen (secondary N) is 1. The molecule has 1 aromatic rings. The lowest BCUT2D eigenvalue weighted by atomic mass is 10.1. The highest BCUT2D eigenvalue weighted by Gasteiger charge is 2.38. The first-order valence-corrected chi connectivity index (χ1v) is 8.58. The average Bonchev–Trinajstić information content (AvgIpc) is 2.97. The predicted molar refractivity (Wildman–Crippen MR) is 99.5 cm³/mol. The normalized spacial score (nSPS) is 23.3. The van der Waals surface area contributed by atoms with E-state index in [9.17, 15) is 9.59 Å². The lowest BCUT2D eigenvalue weighted by Gasteiger charge is -2.28. The fourth-order valence-electron chi connectivity index (χ4n) is 3.21. The number of hydrogen-bond acceptors (Lipinski definition) is 4. The van der Waals surface area contributed by atoms with Gasteiger partial charge in [0.05, 0.1) is 23.9 Å². The molecule has 8 heteroatoms. The monoisotopic (exact) mass is 387 g/mol. The van der Waals surface area contributed by atoms with Gasteiger partial charge in [0.2, 0.25) is 11.8 Å². The van der Waals surface area contributed by atoms with Crippen molar-refractivity contribution >= 4 is 41.5 Å². The molecule has 2 aliphatic rings. The molecular formula is C17H23Cl2N3O3. The number of carbonyl (C=O) groups is 2. The summed E-state index contributed by atoms with van der Waals surface area (Å²) in [5.41, 5.74) is 0.704. The third kappa shape index (κ3) is 4.44. The quantitative estimate of drug-likeness (QED) is 0.853. The molecule has 2 fully saturated rings. The van der Waals surface area contributed by atoms with Gasteiger partial charge < -0.3 is 19.9 Å². The van der Waals surface area contributed by atoms with Crippen LogP contribution in [0.1, 0.15) is 12.8 Å². The van der Waals surface area contributed by atoms with Crippen LogP contribution >= 0.6 is 24.0 Å². The summed E-state index contributed by atoms with van der Waals surface area (Å²) in [6.45, 7) is 2.53. The molecule has 0 radical (unpaired) electrons. The van der Waals surface area contributed by atoms with Crippen molar-refractivity contribution in [2.75, 3.05) is 38.3 Å². The minimum Gasteiger partial charge on any atom is -0.378 e. The Labute approximate surface area is 158 Å². The Balaban J connectivity index is 0.00000225. The Hall–Kier alpha value is -1.34. The first kappa shape index (κ1) is 20.0. The minimum absolute atomic E-state index is 0. The summed E-state index contributed by atoms with van der Waals surface area (Å²) in [7, 11) is 1.70. The van der Waals surface area contributed by atoms with Crippen molar-refractivity contribution in [3.05, 3.63) is 29.3 Å². The third-order valence-electron chi connectivity index (χ3n) is 4.60. The molecule has 1 aromatic carbocycles. The van der Waals surface area contributed by atoms with Gasteiger partial charge in [0, 0.05) is 32.6 Å². The molecule has 0 saturated carbocycles. The summed E-state index contributed by atoms with van der Waals surface area (Å²) < 4.78 is 5.37. The maximum Gasteiger partial charge on any atom is 0.249 e. The lowest BCUT2D eigenvalue weighted by molar-refractivity contribution is -0.137. The van der Waals surface area contributed by atoms with E-state index in [1.165, 1.54) is 0 Å². The summed E-state index contributed by atoms with van der Waals surface area (Å²) in [5, 5.41) is 3.81. The maximum absolute atomic E-state index is 12.7. The molecule has 2 aliphatic heterocycles. The number of para-hydroxylation sites is 1. The Morgan fingerprint density at radius 2 is 2.20 bits per heavy atom. The van der Waals surface area contributed by atoms with E-state index < -0.39 is 6.04 Å². The van der Waals surface area contributed by atoms with Gasteiger partial charge in [-0.25, -0.2) is 0 Å². The van der Waals surface area contributed by atoms with Crippen molar-refractivity contribution in [2.24, 2.45) is 0 Å². The number of ether oxygens (including phenoxy) is 1. The summed E-state index contributed by atoms with van der Waals surface area (Å²) in [6, 6.07) is 6.86. The van der Waals surface area contributed by atoms with E-state index in [0.29, 0.717) is 43.3 Å². The number of morpholine rings is 1. The molecule has 25 heavy (non-hydrogen) atoms. The number of benzene rings is 1. The van der Waals surface area contributed by atoms with E-state index in [1.54, 1.807) is 22.9 Å². The highest BCUT2D eigenvalue weighted by Crippen LogP contribution is 2.30. The molecule has 2 heterocycles. The Morgan fingerprint density at radius 3 is 2.88 bits per heavy atom. The van der Waals surface area contributed by atoms with Gasteiger partial charge in [-0.1, -0.05) is 23.7 Å². The number of amides is 2. The van der Waals surface area contributed by atoms with Crippen LogP contribution in [0.3, 0.4) is 0 Å². The van der Waals surface area contributed by atoms with Crippen LogP contribution in [0.15, 0.2) is 24.3 Å². The Bertz CT molecular complexity index is 623. The largest absolute Gasteiger partial charge is 0.378 e. The zero-order valence-corrected chi connectivity index (χ0v) is 15.7. The topological polar surface area (TPSA) is 61.9 Å². The van der Waals surface area contributed by atoms with Gasteiger partial charge in [0.15, 0.2) is 0 Å². The molecule has 0 aromatic heterocycles. The molecule has 1 N–H and O–H groups in total. The molecule has 2 unspecified atom stereocenters. The van der Waals surface area contributed by atoms with Crippen LogP contribution in [0.4, 0.5) is 5.69 Å². The lowest BCUT2D eigenvalue weighted by Crippen LogP contribution is -2.48. The highest BCUT2D eigenvalue weighted by molar-refractivity contribution is 6.34. The standard InChI is InChI=1S/C17H22ClN3O3.ClH/c1-20(16(22)10-12-11-24-9-7-19-12)15-6-8-21(17(15)23)14-5-3-2-4-13(14)18;/h2-5,12,15,19H,6-11H2,1H3;1H. The van der Waals surface area contributed by atoms with Gasteiger partial charge in [-0.3, -0.25) is 9.59 Å². The summed E-state index contributed by atoms with van der Waals surface area (Å²) in [6.07, 6.45) is 0.952. The van der Waals surface area contributed by atoms with Crippen LogP contribution in [-0.4, -0.2) is 62.1 Å². The fraction of sp³-hybridized carbons (Fsp3) is 0.529. The first-order valence-electron chi connectivity index (χ1n) is 8.20. The molecule has 0 bridgehead atoms. The van der Waals surface area contributed by atoms with E-state index >= 15 is 0 Å². The number of anilines is 1. The molecular weight excluding hydrogens is 365 g/mol. The smallest absolute Gasteiger partial charge is 0.249 e. The number of hydrogen-bond donors (Lipinski definition) is 1. The van der Waals surface area contributed by atoms with Gasteiger partial charge in [0.25, 0.3) is 0 Å². The Kier molecular flexibility index (Phi) is 7.07. The second kappa shape index (κ2) is 8.85. The van der Waals surface area contributed by atoms with Crippen LogP contribution in [-0.2, 0) is 14.3 Å². The van der Waals surface area contributed by atoms with Crippen LogP contribution in [0, 0.1) is 0 Å². The number of nitrogens with zero attached hydrogens (tertiary/aromatic N) is 2. The van der Waals surface area contributed by atoms with Crippen LogP contribution < -0.4 is 10.2 Å². The highest BCUT2D eigenvalue weighted by atomic mass is 35.5. The van der Waals surface area contributed by atoms with E-state index in [1.807, 2.05) is 18.2 Å². The van der Waals surface area contributed by atoms with Gasteiger partial charge in [-0.2, -0.15) is 0 Å². The molecule has 3 rings (SSSR count). The van der Waals surface area contributed by atoms with Gasteiger partial charge >= 0.3 is 0 Å². The number of halogens is 2. The summed E-state index contributed by atoms with van der Waals surface area (Å²) in [4.78, 5) is 28.4. The second-order valence-electron chi connectivity index (χ2n) is 6.18. The number of rotatable bonds is 4. The summed E-state index contributed by atoms with van der Waals surface area (Å²) >= 11 is 6.19. The van der Waals surface area contributed by atoms with Crippen molar-refractivity contribution in [1.29, 1.82) is 0 Å². The zero-order chi connectivity index (χ0) is 17.1. The van der Waals surface area contributed by atoms with Crippen molar-refractivity contribution in [3.63, 3.8) is 0 Å². The zero-order valence-electron chi connectivity index (χ0n) is 14.1. The van der Waals surface area contributed by atoms with E-state index in [-0.39, 0.29) is 30.3 Å². The van der Waals surface area contributed by atoms with Crippen LogP contribution in [0.2, 0.25) is 5.02 Å². The Morgan fingerprint density at radius 1 is 1.44 bits per heavy atom. The summed E-state index contributed by atoms with van der Waals surface area (Å²) in [5.74, 6) is -0.121. The van der Waals surface area contributed by atoms with Crippen molar-refractivity contribution < 1.29 is 14.3 Å². The van der Waals surface area contributed by atoms with Crippen molar-refractivity contribution in [2.45, 2.75) is 24.9 Å². The fourth-order valence-corrected chi connectivity index (χ4v) is 3.45. The third-order valence-corrected chi connectivity index (χ3v) is 4.92. The van der Waals surface area contributed by atoms with Crippen LogP contribution in [0.5, 0.6) is 0 Å². The molecule has 0 aliphatic carbocycles. The van der Waals surface area contributed by atoms with Crippen molar-refractivity contribution in [3.8, 4) is 0 Å². The predicted octanol–water partition coefficient (Wildman–Crippen LogP) is 1.70. The number of carbonyl (C=O) groups excluding carboxylic acids is 2. The molecule has 2 atom stereocenters. The van der Waals surface area contributed by atoms with Crippen molar-refractivity contribution in [1.82, 2.24) is 10.2 Å². The van der Waals surface area contributed by atoms with Gasteiger partial charge in [-0.15, -0.1) is 12.4 Å². The van der Waals surface area contributed by atoms with E-state index in [0.717, 1.165) is 6.54 Å². The molecule has 2 saturated heterocycles. The SMILES string of the molecule is CN(C(=O)CC1COCCN1)C1CCN(c2ccccc2Cl)C1=O.Cl. The first-order chi connectivity index (χ1) is 11.6. The molecule has 2 amide bonds. The van der Waals surface area contributed by atoms with E-state index in [4.69, 9.17) is 16.3 Å². The van der Waals surface area contributed by atoms with Gasteiger partial charge in [-0.05, 0) is 18.6 Å². The molecule has 0 spiro atoms. The molecule has 138 valence electrons. The molecule has 6 nitrogen and oxygen atoms in total. The number of likely N-dealkylation sites (N-methyl/N-ethyl adjacent to an activating group) is 1. The minimum atomic E-state index is -0.432. The average molecular weight is 388 g/mol. The van der Waals surface area contributed by atoms with Crippen LogP contribution in [0.25, 0.3) is 0 Å². The van der Waals surface area contributed by atoms with Gasteiger partial charge in [0.1, 0.15) is 6.04 Å². The maximum atomic E-state index is 12.7.